The summed E-state index contributed by atoms with van der Waals surface area (Å²) in [6.07, 6.45) is 1.39. The van der Waals surface area contributed by atoms with Crippen LogP contribution in [-0.4, -0.2) is 22.3 Å². The van der Waals surface area contributed by atoms with Gasteiger partial charge in [0.1, 0.15) is 11.6 Å². The minimum absolute atomic E-state index is 0.204. The van der Waals surface area contributed by atoms with Gasteiger partial charge in [-0.3, -0.25) is 19.8 Å². The van der Waals surface area contributed by atoms with E-state index in [9.17, 15) is 24.4 Å². The molecular weight excluding hydrogens is 395 g/mol. The van der Waals surface area contributed by atoms with E-state index in [1.54, 1.807) is 0 Å². The highest BCUT2D eigenvalue weighted by molar-refractivity contribution is 8.27. The molecule has 7 nitrogen and oxygen atoms in total. The van der Waals surface area contributed by atoms with Crippen molar-refractivity contribution < 1.29 is 24.0 Å². The van der Waals surface area contributed by atoms with Crippen LogP contribution >= 0.6 is 24.0 Å². The Labute approximate surface area is 162 Å². The third-order valence-corrected chi connectivity index (χ3v) is 4.95. The van der Waals surface area contributed by atoms with Gasteiger partial charge >= 0.3 is 0 Å². The number of amides is 1. The monoisotopic (exact) mass is 405 g/mol. The fourth-order valence-electron chi connectivity index (χ4n) is 2.41. The van der Waals surface area contributed by atoms with Crippen LogP contribution in [0, 0.1) is 15.9 Å². The van der Waals surface area contributed by atoms with Gasteiger partial charge in [-0.05, 0) is 42.0 Å². The summed E-state index contributed by atoms with van der Waals surface area (Å²) in [4.78, 5) is 24.4. The zero-order valence-electron chi connectivity index (χ0n) is 13.7. The fraction of sp³-hybridized carbons (Fsp3) is 0.0588. The van der Waals surface area contributed by atoms with Crippen molar-refractivity contribution in [2.24, 2.45) is 0 Å². The maximum absolute atomic E-state index is 13.1. The lowest BCUT2D eigenvalue weighted by molar-refractivity contribution is -0.398. The van der Waals surface area contributed by atoms with Gasteiger partial charge in [0, 0.05) is 11.8 Å². The van der Waals surface area contributed by atoms with Gasteiger partial charge in [-0.1, -0.05) is 24.0 Å². The molecule has 10 heteroatoms. The lowest BCUT2D eigenvalue weighted by atomic mass is 10.1. The fourth-order valence-corrected chi connectivity index (χ4v) is 3.71. The predicted octanol–water partition coefficient (Wildman–Crippen LogP) is 3.22. The van der Waals surface area contributed by atoms with E-state index in [1.165, 1.54) is 48.4 Å². The van der Waals surface area contributed by atoms with Gasteiger partial charge in [0.25, 0.3) is 11.6 Å². The Morgan fingerprint density at radius 2 is 1.96 bits per heavy atom. The Hall–Kier alpha value is -2.98. The number of ether oxygens (including phenoxy) is 1. The Balaban J connectivity index is 2.00. The second kappa shape index (κ2) is 7.33. The van der Waals surface area contributed by atoms with Crippen molar-refractivity contribution in [1.82, 2.24) is 0 Å². The van der Waals surface area contributed by atoms with Gasteiger partial charge in [-0.25, -0.2) is 4.39 Å². The number of methoxy groups -OCH3 is 1. The van der Waals surface area contributed by atoms with Gasteiger partial charge in [0.2, 0.25) is 0 Å². The van der Waals surface area contributed by atoms with E-state index < -0.39 is 28.1 Å². The molecule has 1 aliphatic heterocycles. The first kappa shape index (κ1) is 18.8. The molecule has 138 valence electrons. The average molecular weight is 405 g/mol. The summed E-state index contributed by atoms with van der Waals surface area (Å²) >= 11 is 6.21. The van der Waals surface area contributed by atoms with Gasteiger partial charge in [0.15, 0.2) is 4.32 Å². The number of thioether (sulfide) groups is 1. The van der Waals surface area contributed by atoms with Crippen molar-refractivity contribution >= 4 is 51.7 Å². The van der Waals surface area contributed by atoms with Crippen LogP contribution in [0.4, 0.5) is 15.8 Å². The number of rotatable bonds is 4. The highest BCUT2D eigenvalue weighted by Gasteiger charge is 2.33. The Morgan fingerprint density at radius 3 is 2.56 bits per heavy atom. The largest absolute Gasteiger partial charge is 0.865 e. The number of hydrogen-bond donors (Lipinski definition) is 0. The molecule has 1 saturated heterocycles. The summed E-state index contributed by atoms with van der Waals surface area (Å²) in [7, 11) is 1.22. The van der Waals surface area contributed by atoms with Crippen LogP contribution in [0.5, 0.6) is 11.5 Å². The molecule has 0 N–H and O–H groups in total. The van der Waals surface area contributed by atoms with Gasteiger partial charge in [-0.15, -0.1) is 0 Å². The molecule has 1 heterocycles. The molecular formula is C17H10FN2O5S2-. The van der Waals surface area contributed by atoms with Crippen LogP contribution in [0.15, 0.2) is 41.3 Å². The number of nitrogens with zero attached hydrogens (tertiary/aromatic N) is 2. The molecule has 0 spiro atoms. The number of carbonyl (C=O) groups is 1. The Kier molecular flexibility index (Phi) is 5.10. The van der Waals surface area contributed by atoms with Crippen LogP contribution in [0.25, 0.3) is 6.08 Å². The second-order valence-electron chi connectivity index (χ2n) is 5.32. The second-order valence-corrected chi connectivity index (χ2v) is 7.00. The molecule has 1 aliphatic rings. The molecule has 0 bridgehead atoms. The van der Waals surface area contributed by atoms with Crippen molar-refractivity contribution in [3.63, 3.8) is 0 Å². The SMILES string of the molecule is COc1cc(/C=C2\SC(=S)N(c3ccc(F)cc3)C2=O)cc([N+](=O)[O-])c1[O-]. The third-order valence-electron chi connectivity index (χ3n) is 3.65. The summed E-state index contributed by atoms with van der Waals surface area (Å²) in [6, 6.07) is 7.62. The molecule has 1 amide bonds. The van der Waals surface area contributed by atoms with Crippen molar-refractivity contribution in [1.29, 1.82) is 0 Å². The van der Waals surface area contributed by atoms with E-state index in [2.05, 4.69) is 0 Å². The summed E-state index contributed by atoms with van der Waals surface area (Å²) < 4.78 is 18.2. The molecule has 27 heavy (non-hydrogen) atoms. The summed E-state index contributed by atoms with van der Waals surface area (Å²) in [6.45, 7) is 0. The molecule has 3 rings (SSSR count). The van der Waals surface area contributed by atoms with Crippen molar-refractivity contribution in [2.75, 3.05) is 12.0 Å². The lowest BCUT2D eigenvalue weighted by Gasteiger charge is -2.14. The number of anilines is 1. The van der Waals surface area contributed by atoms with Gasteiger partial charge < -0.3 is 9.84 Å². The normalized spacial score (nSPS) is 15.5. The molecule has 2 aromatic carbocycles. The smallest absolute Gasteiger partial charge is 0.270 e. The number of thiocarbonyl (C=S) groups is 1. The zero-order chi connectivity index (χ0) is 19.7. The number of nitro benzene ring substituents is 1. The van der Waals surface area contributed by atoms with Crippen LogP contribution < -0.4 is 14.7 Å². The van der Waals surface area contributed by atoms with E-state index in [0.29, 0.717) is 5.69 Å². The summed E-state index contributed by atoms with van der Waals surface area (Å²) in [5.74, 6) is -1.95. The van der Waals surface area contributed by atoms with E-state index >= 15 is 0 Å². The third kappa shape index (κ3) is 3.62. The molecule has 0 unspecified atom stereocenters. The molecule has 0 aliphatic carbocycles. The molecule has 0 atom stereocenters. The van der Waals surface area contributed by atoms with Crippen molar-refractivity contribution in [2.45, 2.75) is 0 Å². The first-order valence-corrected chi connectivity index (χ1v) is 8.61. The van der Waals surface area contributed by atoms with E-state index in [-0.39, 0.29) is 20.5 Å². The highest BCUT2D eigenvalue weighted by atomic mass is 32.2. The lowest BCUT2D eigenvalue weighted by Crippen LogP contribution is -2.27. The molecule has 0 radical (unpaired) electrons. The maximum atomic E-state index is 13.1. The molecule has 0 aromatic heterocycles. The highest BCUT2D eigenvalue weighted by Crippen LogP contribution is 2.39. The predicted molar refractivity (Wildman–Crippen MR) is 101 cm³/mol. The van der Waals surface area contributed by atoms with Crippen molar-refractivity contribution in [3.05, 3.63) is 62.8 Å². The minimum Gasteiger partial charge on any atom is -0.865 e. The van der Waals surface area contributed by atoms with Gasteiger partial charge in [0.05, 0.1) is 22.6 Å². The number of benzene rings is 2. The maximum Gasteiger partial charge on any atom is 0.270 e. The van der Waals surface area contributed by atoms with Gasteiger partial charge in [-0.2, -0.15) is 0 Å². The average Bonchev–Trinajstić information content (AvgIpc) is 2.90. The molecule has 1 fully saturated rings. The van der Waals surface area contributed by atoms with Crippen LogP contribution in [0.2, 0.25) is 0 Å². The Morgan fingerprint density at radius 1 is 1.30 bits per heavy atom. The van der Waals surface area contributed by atoms with Crippen molar-refractivity contribution in [3.8, 4) is 11.5 Å². The summed E-state index contributed by atoms with van der Waals surface area (Å²) in [5, 5.41) is 23.0. The minimum atomic E-state index is -0.849. The van der Waals surface area contributed by atoms with E-state index in [0.717, 1.165) is 17.8 Å². The molecule has 2 aromatic rings. The van der Waals surface area contributed by atoms with E-state index in [4.69, 9.17) is 17.0 Å². The van der Waals surface area contributed by atoms with Crippen LogP contribution in [0.1, 0.15) is 5.56 Å². The van der Waals surface area contributed by atoms with Crippen LogP contribution in [0.3, 0.4) is 0 Å². The van der Waals surface area contributed by atoms with E-state index in [1.807, 2.05) is 0 Å². The first-order chi connectivity index (χ1) is 12.8. The topological polar surface area (TPSA) is 95.7 Å². The number of hydrogen-bond acceptors (Lipinski definition) is 7. The Bertz CT molecular complexity index is 992. The number of carbonyl (C=O) groups excluding carboxylic acids is 1. The summed E-state index contributed by atoms with van der Waals surface area (Å²) in [5.41, 5.74) is -0.00636. The number of halogens is 1. The van der Waals surface area contributed by atoms with Crippen LogP contribution in [-0.2, 0) is 4.79 Å². The number of nitro groups is 1. The standard InChI is InChI=1S/C17H11FN2O5S2/c1-25-13-7-9(6-12(15(13)21)20(23)24)8-14-16(22)19(17(26)27-14)11-4-2-10(18)3-5-11/h2-8,21H,1H3/p-1/b14-8-. The zero-order valence-corrected chi connectivity index (χ0v) is 15.3. The quantitative estimate of drug-likeness (QED) is 0.333. The first-order valence-electron chi connectivity index (χ1n) is 7.38. The molecule has 0 saturated carbocycles.